The molecule has 1 aromatic heterocycles. The molecular weight excluding hydrogens is 274 g/mol. The predicted octanol–water partition coefficient (Wildman–Crippen LogP) is 2.62. The molecule has 0 bridgehead atoms. The number of urea groups is 1. The van der Waals surface area contributed by atoms with Gasteiger partial charge < -0.3 is 14.6 Å². The van der Waals surface area contributed by atoms with Crippen LogP contribution in [-0.2, 0) is 9.53 Å². The fourth-order valence-corrected chi connectivity index (χ4v) is 1.77. The fraction of sp³-hybridized carbons (Fsp3) is 0.643. The number of nitrogens with zero attached hydrogens (tertiary/aromatic N) is 1. The van der Waals surface area contributed by atoms with Gasteiger partial charge in [0.15, 0.2) is 5.82 Å². The number of esters is 1. The first-order chi connectivity index (χ1) is 10.1. The molecule has 7 heteroatoms. The van der Waals surface area contributed by atoms with Crippen molar-refractivity contribution in [1.29, 1.82) is 0 Å². The molecule has 2 N–H and O–H groups in total. The maximum Gasteiger partial charge on any atom is 0.320 e. The van der Waals surface area contributed by atoms with E-state index >= 15 is 0 Å². The molecule has 0 spiro atoms. The normalized spacial score (nSPS) is 10.2. The van der Waals surface area contributed by atoms with Crippen LogP contribution in [0.25, 0.3) is 0 Å². The molecule has 0 atom stereocenters. The Kier molecular flexibility index (Phi) is 7.93. The van der Waals surface area contributed by atoms with E-state index in [2.05, 4.69) is 15.8 Å². The largest absolute Gasteiger partial charge is 0.466 e. The lowest BCUT2D eigenvalue weighted by atomic mass is 10.1. The van der Waals surface area contributed by atoms with E-state index in [-0.39, 0.29) is 12.0 Å². The van der Waals surface area contributed by atoms with Gasteiger partial charge in [-0.1, -0.05) is 18.0 Å². The molecule has 0 unspecified atom stereocenters. The SMILES string of the molecule is CCOC(=O)CCCCCCNC(=O)Nc1cc(C)on1. The third-order valence-electron chi connectivity index (χ3n) is 2.77. The van der Waals surface area contributed by atoms with Crippen LogP contribution in [0.3, 0.4) is 0 Å². The van der Waals surface area contributed by atoms with Crippen molar-refractivity contribution in [2.45, 2.75) is 46.0 Å². The van der Waals surface area contributed by atoms with E-state index in [0.29, 0.717) is 31.2 Å². The molecule has 118 valence electrons. The van der Waals surface area contributed by atoms with Crippen molar-refractivity contribution in [1.82, 2.24) is 10.5 Å². The number of aromatic nitrogens is 1. The standard InChI is InChI=1S/C14H23N3O4/c1-3-20-13(18)8-6-4-5-7-9-15-14(19)16-12-10-11(2)21-17-12/h10H,3-9H2,1-2H3,(H2,15,16,17,19). The summed E-state index contributed by atoms with van der Waals surface area (Å²) in [5.74, 6) is 0.907. The smallest absolute Gasteiger partial charge is 0.320 e. The zero-order chi connectivity index (χ0) is 15.5. The number of anilines is 1. The number of unbranched alkanes of at least 4 members (excludes halogenated alkanes) is 3. The Morgan fingerprint density at radius 3 is 2.71 bits per heavy atom. The van der Waals surface area contributed by atoms with E-state index in [1.807, 2.05) is 0 Å². The predicted molar refractivity (Wildman–Crippen MR) is 78.0 cm³/mol. The van der Waals surface area contributed by atoms with E-state index in [4.69, 9.17) is 9.26 Å². The second-order valence-corrected chi connectivity index (χ2v) is 4.67. The van der Waals surface area contributed by atoms with E-state index < -0.39 is 0 Å². The zero-order valence-corrected chi connectivity index (χ0v) is 12.6. The zero-order valence-electron chi connectivity index (χ0n) is 12.6. The van der Waals surface area contributed by atoms with E-state index in [1.165, 1.54) is 0 Å². The van der Waals surface area contributed by atoms with Gasteiger partial charge in [-0.25, -0.2) is 4.79 Å². The van der Waals surface area contributed by atoms with E-state index in [1.54, 1.807) is 19.9 Å². The topological polar surface area (TPSA) is 93.5 Å². The molecule has 1 heterocycles. The Labute approximate surface area is 124 Å². The molecule has 0 aromatic carbocycles. The molecule has 0 aliphatic heterocycles. The van der Waals surface area contributed by atoms with Crippen LogP contribution in [0.2, 0.25) is 0 Å². The molecule has 0 fully saturated rings. The first-order valence-corrected chi connectivity index (χ1v) is 7.25. The van der Waals surface area contributed by atoms with Crippen molar-refractivity contribution >= 4 is 17.8 Å². The highest BCUT2D eigenvalue weighted by Gasteiger charge is 2.05. The summed E-state index contributed by atoms with van der Waals surface area (Å²) in [4.78, 5) is 22.6. The van der Waals surface area contributed by atoms with Gasteiger partial charge in [0, 0.05) is 19.0 Å². The minimum atomic E-state index is -0.296. The number of carbonyl (C=O) groups is 2. The second kappa shape index (κ2) is 9.79. The van der Waals surface area contributed by atoms with Crippen LogP contribution in [0.1, 0.15) is 44.8 Å². The molecule has 7 nitrogen and oxygen atoms in total. The first-order valence-electron chi connectivity index (χ1n) is 7.25. The molecule has 0 aliphatic rings. The van der Waals surface area contributed by atoms with Crippen LogP contribution in [0.4, 0.5) is 10.6 Å². The summed E-state index contributed by atoms with van der Waals surface area (Å²) in [5.41, 5.74) is 0. The number of carbonyl (C=O) groups excluding carboxylic acids is 2. The van der Waals surface area contributed by atoms with Gasteiger partial charge in [0.1, 0.15) is 5.76 Å². The maximum atomic E-state index is 11.5. The lowest BCUT2D eigenvalue weighted by Crippen LogP contribution is -2.29. The number of amides is 2. The fourth-order valence-electron chi connectivity index (χ4n) is 1.77. The lowest BCUT2D eigenvalue weighted by Gasteiger charge is -2.05. The molecule has 21 heavy (non-hydrogen) atoms. The van der Waals surface area contributed by atoms with Crippen LogP contribution in [-0.4, -0.2) is 30.3 Å². The third-order valence-corrected chi connectivity index (χ3v) is 2.77. The summed E-state index contributed by atoms with van der Waals surface area (Å²) in [7, 11) is 0. The quantitative estimate of drug-likeness (QED) is 0.540. The van der Waals surface area contributed by atoms with Crippen molar-refractivity contribution < 1.29 is 18.8 Å². The van der Waals surface area contributed by atoms with Gasteiger partial charge in [-0.2, -0.15) is 0 Å². The Morgan fingerprint density at radius 2 is 2.05 bits per heavy atom. The first kappa shape index (κ1) is 17.0. The van der Waals surface area contributed by atoms with Crippen molar-refractivity contribution in [2.24, 2.45) is 0 Å². The molecule has 1 rings (SSSR count). The summed E-state index contributed by atoms with van der Waals surface area (Å²) >= 11 is 0. The second-order valence-electron chi connectivity index (χ2n) is 4.67. The van der Waals surface area contributed by atoms with Gasteiger partial charge in [0.25, 0.3) is 0 Å². The highest BCUT2D eigenvalue weighted by atomic mass is 16.5. The Hall–Kier alpha value is -2.05. The molecule has 0 saturated heterocycles. The average molecular weight is 297 g/mol. The van der Waals surface area contributed by atoms with Crippen LogP contribution < -0.4 is 10.6 Å². The van der Waals surface area contributed by atoms with Gasteiger partial charge in [-0.15, -0.1) is 0 Å². The Bertz CT molecular complexity index is 445. The maximum absolute atomic E-state index is 11.5. The van der Waals surface area contributed by atoms with Gasteiger partial charge in [-0.05, 0) is 26.7 Å². The lowest BCUT2D eigenvalue weighted by molar-refractivity contribution is -0.143. The van der Waals surface area contributed by atoms with Crippen LogP contribution in [0, 0.1) is 6.92 Å². The molecule has 0 aliphatic carbocycles. The molecule has 1 aromatic rings. The highest BCUT2D eigenvalue weighted by Crippen LogP contribution is 2.06. The van der Waals surface area contributed by atoms with Crippen molar-refractivity contribution in [2.75, 3.05) is 18.5 Å². The van der Waals surface area contributed by atoms with Crippen LogP contribution in [0.5, 0.6) is 0 Å². The number of aryl methyl sites for hydroxylation is 1. The third kappa shape index (κ3) is 7.96. The van der Waals surface area contributed by atoms with Crippen LogP contribution >= 0.6 is 0 Å². The monoisotopic (exact) mass is 297 g/mol. The van der Waals surface area contributed by atoms with Gasteiger partial charge in [0.2, 0.25) is 0 Å². The number of hydrogen-bond donors (Lipinski definition) is 2. The minimum absolute atomic E-state index is 0.141. The summed E-state index contributed by atoms with van der Waals surface area (Å²) in [6, 6.07) is 1.35. The molecular formula is C14H23N3O4. The number of nitrogens with one attached hydrogen (secondary N) is 2. The Balaban J connectivity index is 1.96. The van der Waals surface area contributed by atoms with Crippen LogP contribution in [0.15, 0.2) is 10.6 Å². The number of hydrogen-bond acceptors (Lipinski definition) is 5. The summed E-state index contributed by atoms with van der Waals surface area (Å²) in [5, 5.41) is 8.98. The van der Waals surface area contributed by atoms with E-state index in [9.17, 15) is 9.59 Å². The minimum Gasteiger partial charge on any atom is -0.466 e. The Morgan fingerprint density at radius 1 is 1.29 bits per heavy atom. The van der Waals surface area contributed by atoms with Gasteiger partial charge >= 0.3 is 12.0 Å². The summed E-state index contributed by atoms with van der Waals surface area (Å²) < 4.78 is 9.68. The van der Waals surface area contributed by atoms with Crippen molar-refractivity contribution in [3.8, 4) is 0 Å². The average Bonchev–Trinajstić information content (AvgIpc) is 2.83. The highest BCUT2D eigenvalue weighted by molar-refractivity contribution is 5.88. The molecule has 0 saturated carbocycles. The number of ether oxygens (including phenoxy) is 1. The number of rotatable bonds is 9. The van der Waals surface area contributed by atoms with Crippen molar-refractivity contribution in [3.05, 3.63) is 11.8 Å². The molecule has 2 amide bonds. The molecule has 0 radical (unpaired) electrons. The van der Waals surface area contributed by atoms with Gasteiger partial charge in [0.05, 0.1) is 6.61 Å². The summed E-state index contributed by atoms with van der Waals surface area (Å²) in [6.45, 7) is 4.58. The van der Waals surface area contributed by atoms with Crippen molar-refractivity contribution in [3.63, 3.8) is 0 Å². The van der Waals surface area contributed by atoms with E-state index in [0.717, 1.165) is 25.7 Å². The summed E-state index contributed by atoms with van der Waals surface area (Å²) in [6.07, 6.45) is 4.07. The van der Waals surface area contributed by atoms with Gasteiger partial charge in [-0.3, -0.25) is 10.1 Å².